The Morgan fingerprint density at radius 3 is 1.81 bits per heavy atom. The zero-order chi connectivity index (χ0) is 43.7. The lowest BCUT2D eigenvalue weighted by Crippen LogP contribution is -2.68. The summed E-state index contributed by atoms with van der Waals surface area (Å²) in [5.74, 6) is -1.09. The number of benzene rings is 3. The molecule has 3 aliphatic heterocycles. The van der Waals surface area contributed by atoms with Crippen LogP contribution in [0.3, 0.4) is 0 Å². The maximum Gasteiger partial charge on any atom is 0.217 e. The SMILES string of the molecule is CCCCCCCCO[C@H]1O[C@H](CO)[C@@H](OC[C@H]2COC(C)(C)O2)[C@H](O[C@@H]2O[C@@H](C)[C@@H](OCc3ccccc3)[C@@H](OCc3ccccc3)[C@@H]2OCc2ccccc2)[C@H]1NC(C)=O. The van der Waals surface area contributed by atoms with Crippen LogP contribution in [0.4, 0.5) is 0 Å². The maximum absolute atomic E-state index is 13.1. The van der Waals surface area contributed by atoms with Crippen molar-refractivity contribution in [1.82, 2.24) is 5.32 Å². The molecule has 3 saturated heterocycles. The molecule has 11 atom stereocenters. The predicted molar refractivity (Wildman–Crippen MR) is 232 cm³/mol. The van der Waals surface area contributed by atoms with Gasteiger partial charge in [0.25, 0.3) is 0 Å². The van der Waals surface area contributed by atoms with Crippen LogP contribution in [-0.4, -0.2) is 111 Å². The van der Waals surface area contributed by atoms with Crippen molar-refractivity contribution in [3.8, 4) is 0 Å². The van der Waals surface area contributed by atoms with Crippen LogP contribution in [0.1, 0.15) is 89.8 Å². The molecule has 0 aromatic heterocycles. The second kappa shape index (κ2) is 24.7. The molecule has 2 N–H and O–H groups in total. The lowest BCUT2D eigenvalue weighted by Gasteiger charge is -2.50. The first-order valence-electron chi connectivity index (χ1n) is 22.5. The summed E-state index contributed by atoms with van der Waals surface area (Å²) < 4.78 is 65.7. The molecule has 3 fully saturated rings. The van der Waals surface area contributed by atoms with E-state index in [4.69, 9.17) is 47.4 Å². The molecule has 342 valence electrons. The predicted octanol–water partition coefficient (Wildman–Crippen LogP) is 7.01. The number of aliphatic hydroxyl groups is 1. The number of amides is 1. The molecule has 13 heteroatoms. The first-order chi connectivity index (χ1) is 30.1. The number of aliphatic hydroxyl groups excluding tert-OH is 1. The van der Waals surface area contributed by atoms with E-state index >= 15 is 0 Å². The minimum atomic E-state index is -1.07. The number of unbranched alkanes of at least 4 members (excludes halogenated alkanes) is 5. The Balaban J connectivity index is 1.33. The van der Waals surface area contributed by atoms with Gasteiger partial charge in [0.05, 0.1) is 45.7 Å². The second-order valence-corrected chi connectivity index (χ2v) is 16.9. The first-order valence-corrected chi connectivity index (χ1v) is 22.5. The molecular formula is C49H69NO12. The van der Waals surface area contributed by atoms with Crippen molar-refractivity contribution in [3.63, 3.8) is 0 Å². The summed E-state index contributed by atoms with van der Waals surface area (Å²) in [7, 11) is 0. The monoisotopic (exact) mass is 863 g/mol. The Labute approximate surface area is 367 Å². The van der Waals surface area contributed by atoms with E-state index in [0.717, 1.165) is 36.0 Å². The molecule has 0 spiro atoms. The number of ether oxygens (including phenoxy) is 10. The van der Waals surface area contributed by atoms with Crippen LogP contribution in [0.5, 0.6) is 0 Å². The first kappa shape index (κ1) is 48.2. The van der Waals surface area contributed by atoms with Gasteiger partial charge < -0.3 is 57.8 Å². The van der Waals surface area contributed by atoms with Gasteiger partial charge in [-0.05, 0) is 43.9 Å². The maximum atomic E-state index is 13.1. The van der Waals surface area contributed by atoms with Crippen molar-refractivity contribution in [1.29, 1.82) is 0 Å². The molecule has 62 heavy (non-hydrogen) atoms. The highest BCUT2D eigenvalue weighted by atomic mass is 16.8. The van der Waals surface area contributed by atoms with E-state index in [0.29, 0.717) is 19.8 Å². The van der Waals surface area contributed by atoms with Gasteiger partial charge in [-0.15, -0.1) is 0 Å². The number of carbonyl (C=O) groups is 1. The fourth-order valence-corrected chi connectivity index (χ4v) is 8.22. The van der Waals surface area contributed by atoms with Crippen molar-refractivity contribution in [2.45, 2.75) is 166 Å². The van der Waals surface area contributed by atoms with Gasteiger partial charge in [-0.1, -0.05) is 130 Å². The summed E-state index contributed by atoms with van der Waals surface area (Å²) in [5.41, 5.74) is 2.93. The Kier molecular flexibility index (Phi) is 19.2. The Morgan fingerprint density at radius 2 is 1.26 bits per heavy atom. The van der Waals surface area contributed by atoms with E-state index in [9.17, 15) is 9.90 Å². The van der Waals surface area contributed by atoms with Gasteiger partial charge in [-0.3, -0.25) is 4.79 Å². The van der Waals surface area contributed by atoms with Gasteiger partial charge in [0.15, 0.2) is 18.4 Å². The molecule has 3 aromatic carbocycles. The number of hydrogen-bond acceptors (Lipinski definition) is 12. The molecule has 13 nitrogen and oxygen atoms in total. The van der Waals surface area contributed by atoms with E-state index in [-0.39, 0.29) is 25.7 Å². The molecule has 3 aliphatic rings. The van der Waals surface area contributed by atoms with E-state index in [1.807, 2.05) is 112 Å². The molecule has 0 saturated carbocycles. The van der Waals surface area contributed by atoms with E-state index < -0.39 is 79.8 Å². The van der Waals surface area contributed by atoms with Gasteiger partial charge in [0.2, 0.25) is 5.91 Å². The molecule has 0 aliphatic carbocycles. The second-order valence-electron chi connectivity index (χ2n) is 16.9. The summed E-state index contributed by atoms with van der Waals surface area (Å²) >= 11 is 0. The minimum absolute atomic E-state index is 0.109. The zero-order valence-corrected chi connectivity index (χ0v) is 37.1. The molecule has 0 unspecified atom stereocenters. The van der Waals surface area contributed by atoms with Gasteiger partial charge in [-0.2, -0.15) is 0 Å². The van der Waals surface area contributed by atoms with Crippen molar-refractivity contribution in [2.75, 3.05) is 26.4 Å². The van der Waals surface area contributed by atoms with E-state index in [2.05, 4.69) is 12.2 Å². The molecule has 3 heterocycles. The van der Waals surface area contributed by atoms with Gasteiger partial charge >= 0.3 is 0 Å². The summed E-state index contributed by atoms with van der Waals surface area (Å²) in [6, 6.07) is 28.9. The number of nitrogens with one attached hydrogen (secondary N) is 1. The summed E-state index contributed by atoms with van der Waals surface area (Å²) in [4.78, 5) is 13.1. The highest BCUT2D eigenvalue weighted by Crippen LogP contribution is 2.36. The van der Waals surface area contributed by atoms with Crippen LogP contribution in [0.15, 0.2) is 91.0 Å². The lowest BCUT2D eigenvalue weighted by atomic mass is 9.94. The topological polar surface area (TPSA) is 142 Å². The van der Waals surface area contributed by atoms with Gasteiger partial charge in [-0.25, -0.2) is 0 Å². The number of carbonyl (C=O) groups excluding carboxylic acids is 1. The molecule has 3 aromatic rings. The minimum Gasteiger partial charge on any atom is -0.394 e. The van der Waals surface area contributed by atoms with Gasteiger partial charge in [0.1, 0.15) is 48.8 Å². The van der Waals surface area contributed by atoms with Crippen LogP contribution in [0, 0.1) is 0 Å². The van der Waals surface area contributed by atoms with Crippen molar-refractivity contribution in [2.24, 2.45) is 0 Å². The lowest BCUT2D eigenvalue weighted by molar-refractivity contribution is -0.357. The molecule has 0 radical (unpaired) electrons. The fourth-order valence-electron chi connectivity index (χ4n) is 8.22. The molecule has 0 bridgehead atoms. The third-order valence-electron chi connectivity index (χ3n) is 11.4. The molecule has 6 rings (SSSR count). The Morgan fingerprint density at radius 1 is 0.694 bits per heavy atom. The number of hydrogen-bond donors (Lipinski definition) is 2. The normalized spacial score (nSPS) is 29.7. The average molecular weight is 864 g/mol. The van der Waals surface area contributed by atoms with E-state index in [1.165, 1.54) is 26.2 Å². The molecular weight excluding hydrogens is 795 g/mol. The summed E-state index contributed by atoms with van der Waals surface area (Å²) in [6.07, 6.45) is -1.42. The van der Waals surface area contributed by atoms with Crippen LogP contribution in [-0.2, 0) is 72.0 Å². The summed E-state index contributed by atoms with van der Waals surface area (Å²) in [6.45, 7) is 10.5. The van der Waals surface area contributed by atoms with Crippen LogP contribution >= 0.6 is 0 Å². The van der Waals surface area contributed by atoms with Gasteiger partial charge in [0, 0.05) is 13.5 Å². The fraction of sp³-hybridized carbons (Fsp3) is 0.612. The van der Waals surface area contributed by atoms with Crippen LogP contribution in [0.2, 0.25) is 0 Å². The standard InChI is InChI=1S/C49H69NO12/c1-6-7-8-9-10-20-27-53-47-41(50-35(3)52)44(43(40(28-51)60-47)57-32-39-33-58-49(4,5)62-39)61-48-46(56-31-38-25-18-13-19-26-38)45(55-30-37-23-16-12-17-24-37)42(34(2)59-48)54-29-36-21-14-11-15-22-36/h11-19,21-26,34,39-48,51H,6-10,20,27-33H2,1-5H3,(H,50,52)/t34-,39-,40+,41+,42+,43+,44+,45+,46-,47-,48-/m0/s1. The number of rotatable bonds is 24. The van der Waals surface area contributed by atoms with Crippen molar-refractivity contribution >= 4 is 5.91 Å². The summed E-state index contributed by atoms with van der Waals surface area (Å²) in [5, 5.41) is 14.0. The van der Waals surface area contributed by atoms with Crippen molar-refractivity contribution < 1.29 is 57.3 Å². The van der Waals surface area contributed by atoms with E-state index in [1.54, 1.807) is 0 Å². The zero-order valence-electron chi connectivity index (χ0n) is 37.1. The largest absolute Gasteiger partial charge is 0.394 e. The van der Waals surface area contributed by atoms with Crippen LogP contribution < -0.4 is 5.32 Å². The average Bonchev–Trinajstić information content (AvgIpc) is 3.63. The van der Waals surface area contributed by atoms with Crippen molar-refractivity contribution in [3.05, 3.63) is 108 Å². The highest BCUT2D eigenvalue weighted by Gasteiger charge is 2.54. The van der Waals surface area contributed by atoms with Crippen LogP contribution in [0.25, 0.3) is 0 Å². The third kappa shape index (κ3) is 14.3. The molecule has 1 amide bonds. The Bertz CT molecular complexity index is 1700. The highest BCUT2D eigenvalue weighted by molar-refractivity contribution is 5.73. The smallest absolute Gasteiger partial charge is 0.217 e. The Hall–Kier alpha value is -3.31. The third-order valence-corrected chi connectivity index (χ3v) is 11.4. The quantitative estimate of drug-likeness (QED) is 0.0896.